The van der Waals surface area contributed by atoms with Crippen molar-refractivity contribution in [3.05, 3.63) is 40.8 Å². The number of aryl methyl sites for hydroxylation is 1. The number of nitriles is 1. The van der Waals surface area contributed by atoms with Gasteiger partial charge in [-0.15, -0.1) is 0 Å². The van der Waals surface area contributed by atoms with E-state index in [0.717, 1.165) is 17.0 Å². The van der Waals surface area contributed by atoms with Gasteiger partial charge in [0.2, 0.25) is 0 Å². The van der Waals surface area contributed by atoms with Crippen LogP contribution in [-0.2, 0) is 0 Å². The first-order valence-corrected chi connectivity index (χ1v) is 4.13. The quantitative estimate of drug-likeness (QED) is 0.743. The molecule has 0 aliphatic heterocycles. The molecule has 0 spiro atoms. The molecule has 1 rings (SSSR count). The summed E-state index contributed by atoms with van der Waals surface area (Å²) in [7, 11) is 0. The molecule has 0 bridgehead atoms. The Hall–Kier alpha value is -1.33. The lowest BCUT2D eigenvalue weighted by molar-refractivity contribution is 0.315. The number of nitrogens with zero attached hydrogens (tertiary/aromatic N) is 1. The topological polar surface area (TPSA) is 44.0 Å². The van der Waals surface area contributed by atoms with E-state index in [1.807, 2.05) is 26.0 Å². The third-order valence-electron chi connectivity index (χ3n) is 1.99. The highest BCUT2D eigenvalue weighted by Gasteiger charge is 2.09. The third-order valence-corrected chi connectivity index (χ3v) is 1.99. The summed E-state index contributed by atoms with van der Waals surface area (Å²) < 4.78 is 0. The first-order valence-electron chi connectivity index (χ1n) is 4.13. The van der Waals surface area contributed by atoms with Crippen LogP contribution in [0, 0.1) is 24.2 Å². The zero-order chi connectivity index (χ0) is 9.84. The van der Waals surface area contributed by atoms with Crippen molar-refractivity contribution in [3.8, 4) is 6.07 Å². The van der Waals surface area contributed by atoms with E-state index < -0.39 is 0 Å². The number of hydrogen-bond donors (Lipinski definition) is 1. The van der Waals surface area contributed by atoms with Gasteiger partial charge in [-0.1, -0.05) is 24.6 Å². The average Bonchev–Trinajstić information content (AvgIpc) is 2.16. The Morgan fingerprint density at radius 1 is 1.54 bits per heavy atom. The molecule has 0 fully saturated rings. The number of aliphatic hydroxyl groups is 1. The monoisotopic (exact) mass is 174 g/mol. The number of rotatable bonds is 2. The minimum absolute atomic E-state index is 0.00185. The maximum absolute atomic E-state index is 8.95. The van der Waals surface area contributed by atoms with Crippen LogP contribution >= 0.6 is 0 Å². The lowest BCUT2D eigenvalue weighted by atomic mass is 9.95. The van der Waals surface area contributed by atoms with Crippen molar-refractivity contribution >= 4 is 0 Å². The van der Waals surface area contributed by atoms with Gasteiger partial charge in [-0.3, -0.25) is 0 Å². The third kappa shape index (κ3) is 2.07. The van der Waals surface area contributed by atoms with Crippen LogP contribution in [0.2, 0.25) is 0 Å². The molecule has 13 heavy (non-hydrogen) atoms. The second kappa shape index (κ2) is 4.06. The fourth-order valence-corrected chi connectivity index (χ4v) is 1.19. The Balaban J connectivity index is 3.17. The van der Waals surface area contributed by atoms with E-state index in [0.29, 0.717) is 5.56 Å². The minimum atomic E-state index is -0.00185. The average molecular weight is 174 g/mol. The molecule has 0 atom stereocenters. The van der Waals surface area contributed by atoms with Gasteiger partial charge < -0.3 is 5.11 Å². The van der Waals surface area contributed by atoms with Crippen molar-refractivity contribution in [1.29, 1.82) is 5.26 Å². The van der Waals surface area contributed by atoms with Crippen LogP contribution < -0.4 is 0 Å². The number of benzene rings is 1. The minimum Gasteiger partial charge on any atom is -0.395 e. The molecule has 2 nitrogen and oxygen atoms in total. The van der Waals surface area contributed by atoms with Gasteiger partial charge in [0.25, 0.3) is 0 Å². The van der Waals surface area contributed by atoms with E-state index >= 15 is 0 Å². The van der Waals surface area contributed by atoms with Gasteiger partial charge in [0.1, 0.15) is 0 Å². The summed E-state index contributed by atoms with van der Waals surface area (Å²) in [6.07, 6.45) is 0. The van der Waals surface area contributed by atoms with Crippen LogP contribution in [0.5, 0.6) is 0 Å². The van der Waals surface area contributed by atoms with Crippen LogP contribution in [0.15, 0.2) is 18.2 Å². The smallest absolute Gasteiger partial charge is 0.0994 e. The molecular weight excluding hydrogens is 162 g/mol. The summed E-state index contributed by atoms with van der Waals surface area (Å²) in [6.45, 7) is 3.79. The van der Waals surface area contributed by atoms with E-state index in [9.17, 15) is 0 Å². The normalized spacial score (nSPS) is 10.1. The van der Waals surface area contributed by atoms with Gasteiger partial charge in [-0.25, -0.2) is 0 Å². The largest absolute Gasteiger partial charge is 0.395 e. The molecule has 0 amide bonds. The second-order valence-corrected chi connectivity index (χ2v) is 3.10. The van der Waals surface area contributed by atoms with Crippen molar-refractivity contribution in [3.63, 3.8) is 0 Å². The summed E-state index contributed by atoms with van der Waals surface area (Å²) in [6, 6.07) is 7.70. The lowest BCUT2D eigenvalue weighted by Crippen LogP contribution is -2.03. The van der Waals surface area contributed by atoms with Crippen molar-refractivity contribution in [2.24, 2.45) is 0 Å². The van der Waals surface area contributed by atoms with Crippen LogP contribution in [0.3, 0.4) is 0 Å². The van der Waals surface area contributed by atoms with E-state index in [-0.39, 0.29) is 6.61 Å². The first-order chi connectivity index (χ1) is 6.19. The van der Waals surface area contributed by atoms with Crippen LogP contribution in [-0.4, -0.2) is 11.7 Å². The standard InChI is InChI=1S/C11H12NO/c1-8-3-4-10(6-12)11(5-8)9(2)7-13/h3-5,13H,7H2,1-2H3. The Bertz CT molecular complexity index is 338. The molecule has 2 heteroatoms. The predicted molar refractivity (Wildman–Crippen MR) is 51.0 cm³/mol. The van der Waals surface area contributed by atoms with Crippen molar-refractivity contribution in [1.82, 2.24) is 0 Å². The summed E-state index contributed by atoms with van der Waals surface area (Å²) in [5, 5.41) is 17.8. The zero-order valence-electron chi connectivity index (χ0n) is 7.83. The highest BCUT2D eigenvalue weighted by Crippen LogP contribution is 2.19. The Morgan fingerprint density at radius 3 is 2.77 bits per heavy atom. The summed E-state index contributed by atoms with van der Waals surface area (Å²) in [4.78, 5) is 0. The maximum Gasteiger partial charge on any atom is 0.0994 e. The fourth-order valence-electron chi connectivity index (χ4n) is 1.19. The molecule has 0 aliphatic carbocycles. The molecule has 0 saturated carbocycles. The molecule has 1 aromatic rings. The van der Waals surface area contributed by atoms with Gasteiger partial charge in [-0.2, -0.15) is 5.26 Å². The van der Waals surface area contributed by atoms with Gasteiger partial charge in [0.15, 0.2) is 0 Å². The molecule has 0 saturated heterocycles. The summed E-state index contributed by atoms with van der Waals surface area (Å²) in [5.74, 6) is 0.834. The van der Waals surface area contributed by atoms with Crippen molar-refractivity contribution in [2.45, 2.75) is 13.8 Å². The number of hydrogen-bond acceptors (Lipinski definition) is 2. The Labute approximate surface area is 78.4 Å². The lowest BCUT2D eigenvalue weighted by Gasteiger charge is -2.10. The van der Waals surface area contributed by atoms with Gasteiger partial charge >= 0.3 is 0 Å². The fraction of sp³-hybridized carbons (Fsp3) is 0.273. The summed E-state index contributed by atoms with van der Waals surface area (Å²) in [5.41, 5.74) is 2.57. The van der Waals surface area contributed by atoms with Crippen molar-refractivity contribution < 1.29 is 5.11 Å². The molecule has 1 radical (unpaired) electrons. The van der Waals surface area contributed by atoms with E-state index in [1.165, 1.54) is 0 Å². The van der Waals surface area contributed by atoms with Gasteiger partial charge in [0, 0.05) is 5.92 Å². The highest BCUT2D eigenvalue weighted by molar-refractivity contribution is 5.47. The molecule has 1 aromatic carbocycles. The Morgan fingerprint density at radius 2 is 2.23 bits per heavy atom. The summed E-state index contributed by atoms with van der Waals surface area (Å²) >= 11 is 0. The van der Waals surface area contributed by atoms with E-state index in [2.05, 4.69) is 6.07 Å². The van der Waals surface area contributed by atoms with Gasteiger partial charge in [-0.05, 0) is 18.6 Å². The molecule has 0 aromatic heterocycles. The molecular formula is C11H12NO. The van der Waals surface area contributed by atoms with E-state index in [1.54, 1.807) is 6.07 Å². The molecule has 0 heterocycles. The van der Waals surface area contributed by atoms with Crippen LogP contribution in [0.4, 0.5) is 0 Å². The van der Waals surface area contributed by atoms with Crippen molar-refractivity contribution in [2.75, 3.05) is 6.61 Å². The maximum atomic E-state index is 8.95. The predicted octanol–water partition coefficient (Wildman–Crippen LogP) is 1.80. The molecule has 67 valence electrons. The molecule has 0 unspecified atom stereocenters. The highest BCUT2D eigenvalue weighted by atomic mass is 16.3. The zero-order valence-corrected chi connectivity index (χ0v) is 7.83. The number of aliphatic hydroxyl groups excluding tert-OH is 1. The molecule has 1 N–H and O–H groups in total. The van der Waals surface area contributed by atoms with Crippen LogP contribution in [0.1, 0.15) is 23.6 Å². The SMILES string of the molecule is C[C](CO)c1cc(C)ccc1C#N. The molecule has 0 aliphatic rings. The van der Waals surface area contributed by atoms with E-state index in [4.69, 9.17) is 10.4 Å². The first kappa shape index (κ1) is 9.76. The second-order valence-electron chi connectivity index (χ2n) is 3.10. The Kier molecular flexibility index (Phi) is 3.05. The van der Waals surface area contributed by atoms with Crippen LogP contribution in [0.25, 0.3) is 0 Å². The van der Waals surface area contributed by atoms with Gasteiger partial charge in [0.05, 0.1) is 18.2 Å².